The zero-order chi connectivity index (χ0) is 8.97. The Hall–Kier alpha value is -1.22. The number of hydrogen-bond donors (Lipinski definition) is 3. The lowest BCUT2D eigenvalue weighted by atomic mass is 10.2. The second-order valence-corrected chi connectivity index (χ2v) is 2.81. The fourth-order valence-corrected chi connectivity index (χ4v) is 1.04. The zero-order valence-electron chi connectivity index (χ0n) is 6.55. The van der Waals surface area contributed by atoms with Gasteiger partial charge in [0.05, 0.1) is 6.54 Å². The van der Waals surface area contributed by atoms with Crippen molar-refractivity contribution in [3.8, 4) is 0 Å². The van der Waals surface area contributed by atoms with Gasteiger partial charge in [-0.2, -0.15) is 0 Å². The van der Waals surface area contributed by atoms with Gasteiger partial charge in [-0.05, 0) is 6.07 Å². The van der Waals surface area contributed by atoms with Crippen LogP contribution in [0.5, 0.6) is 0 Å². The summed E-state index contributed by atoms with van der Waals surface area (Å²) in [5.74, 6) is 0.204. The first-order valence-corrected chi connectivity index (χ1v) is 3.93. The van der Waals surface area contributed by atoms with Crippen molar-refractivity contribution < 1.29 is 4.99 Å². The Morgan fingerprint density at radius 3 is 2.58 bits per heavy atom. The molecule has 0 bridgehead atoms. The van der Waals surface area contributed by atoms with Crippen LogP contribution in [-0.2, 0) is 6.54 Å². The molecule has 4 heteroatoms. The van der Waals surface area contributed by atoms with Gasteiger partial charge in [-0.1, -0.05) is 29.8 Å². The molecule has 0 aromatic heterocycles. The Bertz CT molecular complexity index is 292. The average Bonchev–Trinajstić information content (AvgIpc) is 2.03. The Morgan fingerprint density at radius 2 is 2.00 bits per heavy atom. The topological polar surface area (TPSA) is 66.0 Å². The second kappa shape index (κ2) is 3.97. The highest BCUT2D eigenvalue weighted by atomic mass is 35.5. The molecule has 64 valence electrons. The molecule has 0 atom stereocenters. The number of benzene rings is 1. The summed E-state index contributed by atoms with van der Waals surface area (Å²) >= 11 is 5.88. The van der Waals surface area contributed by atoms with Crippen LogP contribution in [0.1, 0.15) is 5.56 Å². The third-order valence-electron chi connectivity index (χ3n) is 1.44. The minimum Gasteiger partial charge on any atom is -0.291 e. The Labute approximate surface area is 76.0 Å². The molecule has 3 nitrogen and oxygen atoms in total. The van der Waals surface area contributed by atoms with Gasteiger partial charge in [0.1, 0.15) is 0 Å². The summed E-state index contributed by atoms with van der Waals surface area (Å²) in [6.45, 7) is 0.558. The summed E-state index contributed by atoms with van der Waals surface area (Å²) in [6, 6.07) is 7.53. The van der Waals surface area contributed by atoms with Gasteiger partial charge >= 0.3 is 5.96 Å². The van der Waals surface area contributed by atoms with Crippen LogP contribution in [-0.4, -0.2) is 5.96 Å². The van der Waals surface area contributed by atoms with E-state index in [1.807, 2.05) is 24.3 Å². The lowest BCUT2D eigenvalue weighted by molar-refractivity contribution is -0.477. The maximum absolute atomic E-state index is 5.88. The quantitative estimate of drug-likeness (QED) is 0.416. The minimum absolute atomic E-state index is 0.204. The van der Waals surface area contributed by atoms with Crippen molar-refractivity contribution in [1.29, 1.82) is 0 Å². The molecule has 0 heterocycles. The molecule has 1 rings (SSSR count). The van der Waals surface area contributed by atoms with Crippen molar-refractivity contribution in [1.82, 2.24) is 0 Å². The molecule has 0 saturated heterocycles. The number of nitrogens with two attached hydrogens (primary N) is 2. The average molecular weight is 185 g/mol. The fourth-order valence-electron chi connectivity index (χ4n) is 0.839. The van der Waals surface area contributed by atoms with E-state index in [2.05, 4.69) is 4.99 Å². The normalized spacial score (nSPS) is 9.42. The predicted octanol–water partition coefficient (Wildman–Crippen LogP) is -0.806. The highest BCUT2D eigenvalue weighted by Crippen LogP contribution is 2.12. The molecule has 0 aliphatic rings. The third kappa shape index (κ3) is 2.43. The SMILES string of the molecule is NC(N)=[NH+]Cc1ccccc1Cl. The van der Waals surface area contributed by atoms with Gasteiger partial charge in [-0.3, -0.25) is 16.5 Å². The molecule has 0 unspecified atom stereocenters. The summed E-state index contributed by atoms with van der Waals surface area (Å²) in [5.41, 5.74) is 11.4. The van der Waals surface area contributed by atoms with Gasteiger partial charge in [0.15, 0.2) is 0 Å². The van der Waals surface area contributed by atoms with E-state index >= 15 is 0 Å². The van der Waals surface area contributed by atoms with Crippen LogP contribution in [0.2, 0.25) is 5.02 Å². The largest absolute Gasteiger partial charge is 0.339 e. The Balaban J connectivity index is 2.76. The van der Waals surface area contributed by atoms with Crippen LogP contribution < -0.4 is 16.5 Å². The van der Waals surface area contributed by atoms with Crippen LogP contribution in [0.25, 0.3) is 0 Å². The highest BCUT2D eigenvalue weighted by molar-refractivity contribution is 6.31. The molecule has 0 saturated carbocycles. The van der Waals surface area contributed by atoms with E-state index in [9.17, 15) is 0 Å². The fraction of sp³-hybridized carbons (Fsp3) is 0.125. The molecule has 5 N–H and O–H groups in total. The number of guanidine groups is 1. The summed E-state index contributed by atoms with van der Waals surface area (Å²) in [7, 11) is 0. The Kier molecular flexibility index (Phi) is 2.94. The van der Waals surface area contributed by atoms with Gasteiger partial charge in [-0.15, -0.1) is 0 Å². The first-order chi connectivity index (χ1) is 5.70. The first kappa shape index (κ1) is 8.87. The van der Waals surface area contributed by atoms with Crippen LogP contribution in [0.4, 0.5) is 0 Å². The van der Waals surface area contributed by atoms with Crippen LogP contribution in [0, 0.1) is 0 Å². The van der Waals surface area contributed by atoms with E-state index in [4.69, 9.17) is 23.1 Å². The van der Waals surface area contributed by atoms with Gasteiger partial charge < -0.3 is 0 Å². The lowest BCUT2D eigenvalue weighted by Crippen LogP contribution is -2.76. The molecular formula is C8H11ClN3+. The first-order valence-electron chi connectivity index (χ1n) is 3.55. The van der Waals surface area contributed by atoms with Crippen molar-refractivity contribution in [3.05, 3.63) is 34.9 Å². The second-order valence-electron chi connectivity index (χ2n) is 2.40. The minimum atomic E-state index is 0.204. The molecule has 0 aliphatic carbocycles. The molecule has 12 heavy (non-hydrogen) atoms. The summed E-state index contributed by atoms with van der Waals surface area (Å²) in [6.07, 6.45) is 0. The molecule has 1 aromatic rings. The van der Waals surface area contributed by atoms with Crippen molar-refractivity contribution in [2.75, 3.05) is 0 Å². The van der Waals surface area contributed by atoms with Crippen LogP contribution >= 0.6 is 11.6 Å². The Morgan fingerprint density at radius 1 is 1.33 bits per heavy atom. The molecule has 0 spiro atoms. The number of rotatable bonds is 2. The van der Waals surface area contributed by atoms with Crippen molar-refractivity contribution in [2.24, 2.45) is 11.5 Å². The lowest BCUT2D eigenvalue weighted by Gasteiger charge is -1.97. The van der Waals surface area contributed by atoms with Crippen molar-refractivity contribution in [2.45, 2.75) is 6.54 Å². The van der Waals surface area contributed by atoms with Crippen LogP contribution in [0.3, 0.4) is 0 Å². The number of hydrogen-bond acceptors (Lipinski definition) is 0. The molecule has 1 aromatic carbocycles. The third-order valence-corrected chi connectivity index (χ3v) is 1.81. The van der Waals surface area contributed by atoms with E-state index < -0.39 is 0 Å². The van der Waals surface area contributed by atoms with E-state index in [1.54, 1.807) is 0 Å². The zero-order valence-corrected chi connectivity index (χ0v) is 7.31. The summed E-state index contributed by atoms with van der Waals surface area (Å²) in [5, 5.41) is 0.714. The predicted molar refractivity (Wildman–Crippen MR) is 49.5 cm³/mol. The molecule has 0 amide bonds. The number of halogens is 1. The van der Waals surface area contributed by atoms with Crippen LogP contribution in [0.15, 0.2) is 24.3 Å². The van der Waals surface area contributed by atoms with E-state index in [0.29, 0.717) is 11.6 Å². The highest BCUT2D eigenvalue weighted by Gasteiger charge is 1.97. The van der Waals surface area contributed by atoms with Crippen molar-refractivity contribution in [3.63, 3.8) is 0 Å². The van der Waals surface area contributed by atoms with Crippen molar-refractivity contribution >= 4 is 17.6 Å². The van der Waals surface area contributed by atoms with E-state index in [1.165, 1.54) is 0 Å². The molecule has 0 radical (unpaired) electrons. The molecule has 0 fully saturated rings. The summed E-state index contributed by atoms with van der Waals surface area (Å²) in [4.78, 5) is 2.79. The molecule has 0 aliphatic heterocycles. The van der Waals surface area contributed by atoms with E-state index in [-0.39, 0.29) is 5.96 Å². The van der Waals surface area contributed by atoms with Gasteiger partial charge in [0, 0.05) is 10.6 Å². The number of nitrogens with one attached hydrogen (secondary N) is 1. The summed E-state index contributed by atoms with van der Waals surface area (Å²) < 4.78 is 0. The smallest absolute Gasteiger partial charge is 0.291 e. The maximum atomic E-state index is 5.88. The molecular weight excluding hydrogens is 174 g/mol. The van der Waals surface area contributed by atoms with Gasteiger partial charge in [0.25, 0.3) is 0 Å². The standard InChI is InChI=1S/C8H10ClN3/c9-7-4-2-1-3-6(7)5-12-8(10)11/h1-4H,5H2,(H4,10,11,12)/p+1. The van der Waals surface area contributed by atoms with Gasteiger partial charge in [-0.25, -0.2) is 0 Å². The monoisotopic (exact) mass is 184 g/mol. The maximum Gasteiger partial charge on any atom is 0.339 e. The van der Waals surface area contributed by atoms with E-state index in [0.717, 1.165) is 5.56 Å². The van der Waals surface area contributed by atoms with Gasteiger partial charge in [0.2, 0.25) is 0 Å².